The summed E-state index contributed by atoms with van der Waals surface area (Å²) in [5.74, 6) is 0.217. The molecule has 0 amide bonds. The summed E-state index contributed by atoms with van der Waals surface area (Å²) < 4.78 is 5.93. The molecule has 2 aromatic carbocycles. The van der Waals surface area contributed by atoms with Gasteiger partial charge in [0, 0.05) is 12.2 Å². The molecule has 2 aromatic rings. The van der Waals surface area contributed by atoms with Gasteiger partial charge in [-0.05, 0) is 26.0 Å². The fourth-order valence-electron chi connectivity index (χ4n) is 2.19. The lowest BCUT2D eigenvalue weighted by Crippen LogP contribution is -2.37. The van der Waals surface area contributed by atoms with Crippen molar-refractivity contribution in [3.8, 4) is 5.75 Å². The summed E-state index contributed by atoms with van der Waals surface area (Å²) in [5.41, 5.74) is 1.01. The van der Waals surface area contributed by atoms with E-state index in [1.807, 2.05) is 49.1 Å². The molecule has 0 saturated heterocycles. The fraction of sp³-hybridized carbons (Fsp3) is 0.250. The summed E-state index contributed by atoms with van der Waals surface area (Å²) in [6.45, 7) is 4.65. The van der Waals surface area contributed by atoms with Crippen LogP contribution < -0.4 is 9.64 Å². The van der Waals surface area contributed by atoms with Crippen LogP contribution in [0.1, 0.15) is 13.8 Å². The first-order valence-corrected chi connectivity index (χ1v) is 8.77. The number of para-hydroxylation sites is 1. The molecule has 23 heavy (non-hydrogen) atoms. The van der Waals surface area contributed by atoms with E-state index in [1.165, 1.54) is 0 Å². The number of benzene rings is 2. The number of hydrogen-bond donors (Lipinski definition) is 0. The van der Waals surface area contributed by atoms with Crippen LogP contribution in [0.25, 0.3) is 0 Å². The lowest BCUT2D eigenvalue weighted by Gasteiger charge is -2.31. The standard InChI is InChI=1S/C16H14Cl5NO/c1-3-22(10-7-5-4-6-8-10)9(2)23-16-14(20)12(18)11(17)13(19)15(16)21/h4-9H,3H2,1-2H3. The predicted molar refractivity (Wildman–Crippen MR) is 101 cm³/mol. The van der Waals surface area contributed by atoms with E-state index in [-0.39, 0.29) is 37.1 Å². The first-order chi connectivity index (χ1) is 10.9. The number of anilines is 1. The molecular formula is C16H14Cl5NO. The van der Waals surface area contributed by atoms with Crippen LogP contribution in [0.5, 0.6) is 5.75 Å². The van der Waals surface area contributed by atoms with E-state index < -0.39 is 0 Å². The Labute approximate surface area is 160 Å². The first-order valence-electron chi connectivity index (χ1n) is 6.88. The van der Waals surface area contributed by atoms with E-state index in [1.54, 1.807) is 0 Å². The molecule has 2 nitrogen and oxygen atoms in total. The molecule has 0 aliphatic rings. The van der Waals surface area contributed by atoms with Crippen molar-refractivity contribution in [1.29, 1.82) is 0 Å². The highest BCUT2D eigenvalue weighted by atomic mass is 35.5. The van der Waals surface area contributed by atoms with Crippen molar-refractivity contribution in [1.82, 2.24) is 0 Å². The van der Waals surface area contributed by atoms with Crippen molar-refractivity contribution in [3.05, 3.63) is 55.4 Å². The maximum Gasteiger partial charge on any atom is 0.169 e. The van der Waals surface area contributed by atoms with Crippen LogP contribution in [0.3, 0.4) is 0 Å². The third-order valence-electron chi connectivity index (χ3n) is 3.33. The zero-order valence-corrected chi connectivity index (χ0v) is 16.2. The maximum atomic E-state index is 6.21. The quantitative estimate of drug-likeness (QED) is 0.292. The Hall–Kier alpha value is -0.510. The molecular weight excluding hydrogens is 399 g/mol. The van der Waals surface area contributed by atoms with Gasteiger partial charge in [-0.25, -0.2) is 0 Å². The monoisotopic (exact) mass is 411 g/mol. The molecule has 124 valence electrons. The Bertz CT molecular complexity index is 664. The van der Waals surface area contributed by atoms with Crippen molar-refractivity contribution < 1.29 is 4.74 Å². The van der Waals surface area contributed by atoms with Gasteiger partial charge < -0.3 is 9.64 Å². The molecule has 1 unspecified atom stereocenters. The van der Waals surface area contributed by atoms with Crippen LogP contribution in [-0.4, -0.2) is 12.8 Å². The highest BCUT2D eigenvalue weighted by Crippen LogP contribution is 2.48. The second kappa shape index (κ2) is 8.04. The van der Waals surface area contributed by atoms with Gasteiger partial charge in [0.2, 0.25) is 0 Å². The second-order valence-corrected chi connectivity index (χ2v) is 6.63. The first kappa shape index (κ1) is 18.8. The summed E-state index contributed by atoms with van der Waals surface area (Å²) >= 11 is 30.6. The van der Waals surface area contributed by atoms with Crippen molar-refractivity contribution in [2.45, 2.75) is 20.1 Å². The Balaban J connectivity index is 2.35. The number of halogens is 5. The third-order valence-corrected chi connectivity index (χ3v) is 5.57. The van der Waals surface area contributed by atoms with Gasteiger partial charge in [-0.3, -0.25) is 0 Å². The van der Waals surface area contributed by atoms with Crippen molar-refractivity contribution in [3.63, 3.8) is 0 Å². The number of nitrogens with zero attached hydrogens (tertiary/aromatic N) is 1. The minimum atomic E-state index is -0.342. The Morgan fingerprint density at radius 3 is 1.83 bits per heavy atom. The molecule has 0 bridgehead atoms. The molecule has 0 aromatic heterocycles. The molecule has 0 saturated carbocycles. The van der Waals surface area contributed by atoms with Crippen LogP contribution in [0.2, 0.25) is 25.1 Å². The van der Waals surface area contributed by atoms with E-state index in [0.717, 1.165) is 12.2 Å². The van der Waals surface area contributed by atoms with Gasteiger partial charge in [-0.1, -0.05) is 76.2 Å². The van der Waals surface area contributed by atoms with Crippen LogP contribution in [0.4, 0.5) is 5.69 Å². The highest BCUT2D eigenvalue weighted by Gasteiger charge is 2.23. The van der Waals surface area contributed by atoms with E-state index >= 15 is 0 Å². The van der Waals surface area contributed by atoms with E-state index in [2.05, 4.69) is 0 Å². The Kier molecular flexibility index (Phi) is 6.58. The zero-order chi connectivity index (χ0) is 17.1. The molecule has 0 aliphatic carbocycles. The lowest BCUT2D eigenvalue weighted by molar-refractivity contribution is 0.216. The summed E-state index contributed by atoms with van der Waals surface area (Å²) in [6.07, 6.45) is -0.342. The van der Waals surface area contributed by atoms with Crippen LogP contribution in [0, 0.1) is 0 Å². The van der Waals surface area contributed by atoms with Gasteiger partial charge in [0.05, 0.1) is 15.1 Å². The van der Waals surface area contributed by atoms with E-state index in [9.17, 15) is 0 Å². The summed E-state index contributed by atoms with van der Waals surface area (Å²) in [7, 11) is 0. The third kappa shape index (κ3) is 3.94. The van der Waals surface area contributed by atoms with Crippen LogP contribution in [-0.2, 0) is 0 Å². The molecule has 0 spiro atoms. The normalized spacial score (nSPS) is 12.1. The SMILES string of the molecule is CCN(c1ccccc1)C(C)Oc1c(Cl)c(Cl)c(Cl)c(Cl)c1Cl. The highest BCUT2D eigenvalue weighted by molar-refractivity contribution is 6.55. The predicted octanol–water partition coefficient (Wildman–Crippen LogP) is 7.20. The molecule has 1 atom stereocenters. The minimum absolute atomic E-state index is 0.110. The molecule has 0 heterocycles. The molecule has 0 aliphatic heterocycles. The minimum Gasteiger partial charge on any atom is -0.468 e. The molecule has 0 radical (unpaired) electrons. The van der Waals surface area contributed by atoms with E-state index in [0.29, 0.717) is 0 Å². The topological polar surface area (TPSA) is 12.5 Å². The van der Waals surface area contributed by atoms with Gasteiger partial charge in [-0.15, -0.1) is 0 Å². The molecule has 7 heteroatoms. The van der Waals surface area contributed by atoms with E-state index in [4.69, 9.17) is 62.7 Å². The van der Waals surface area contributed by atoms with Gasteiger partial charge in [0.15, 0.2) is 12.0 Å². The average molecular weight is 414 g/mol. The van der Waals surface area contributed by atoms with Gasteiger partial charge >= 0.3 is 0 Å². The van der Waals surface area contributed by atoms with Crippen LogP contribution >= 0.6 is 58.0 Å². The number of rotatable bonds is 5. The number of hydrogen-bond acceptors (Lipinski definition) is 2. The maximum absolute atomic E-state index is 6.21. The average Bonchev–Trinajstić information content (AvgIpc) is 2.57. The van der Waals surface area contributed by atoms with Gasteiger partial charge in [0.1, 0.15) is 10.0 Å². The lowest BCUT2D eigenvalue weighted by atomic mass is 10.3. The molecule has 2 rings (SSSR count). The summed E-state index contributed by atoms with van der Waals surface area (Å²) in [4.78, 5) is 2.04. The largest absolute Gasteiger partial charge is 0.468 e. The second-order valence-electron chi connectivity index (χ2n) is 4.74. The smallest absolute Gasteiger partial charge is 0.169 e. The molecule has 0 N–H and O–H groups in total. The summed E-state index contributed by atoms with van der Waals surface area (Å²) in [6, 6.07) is 9.86. The molecule has 0 fully saturated rings. The Morgan fingerprint density at radius 2 is 1.35 bits per heavy atom. The van der Waals surface area contributed by atoms with Crippen molar-refractivity contribution in [2.24, 2.45) is 0 Å². The van der Waals surface area contributed by atoms with Crippen molar-refractivity contribution >= 4 is 63.7 Å². The van der Waals surface area contributed by atoms with Crippen LogP contribution in [0.15, 0.2) is 30.3 Å². The Morgan fingerprint density at radius 1 is 0.870 bits per heavy atom. The number of ether oxygens (including phenoxy) is 1. The van der Waals surface area contributed by atoms with Crippen molar-refractivity contribution in [2.75, 3.05) is 11.4 Å². The van der Waals surface area contributed by atoms with Gasteiger partial charge in [-0.2, -0.15) is 0 Å². The zero-order valence-electron chi connectivity index (χ0n) is 12.4. The fourth-order valence-corrected chi connectivity index (χ4v) is 3.40. The van der Waals surface area contributed by atoms with Gasteiger partial charge in [0.25, 0.3) is 0 Å². The summed E-state index contributed by atoms with van der Waals surface area (Å²) in [5, 5.41) is 0.628.